The second-order valence-electron chi connectivity index (χ2n) is 7.26. The van der Waals surface area contributed by atoms with Gasteiger partial charge in [-0.15, -0.1) is 0 Å². The van der Waals surface area contributed by atoms with Gasteiger partial charge in [0.1, 0.15) is 29.3 Å². The lowest BCUT2D eigenvalue weighted by Gasteiger charge is -2.36. The molecule has 1 aromatic carbocycles. The van der Waals surface area contributed by atoms with Gasteiger partial charge in [0, 0.05) is 22.8 Å². The molecule has 2 aliphatic heterocycles. The van der Waals surface area contributed by atoms with E-state index in [1.165, 1.54) is 14.0 Å². The van der Waals surface area contributed by atoms with Crippen molar-refractivity contribution >= 4 is 39.5 Å². The van der Waals surface area contributed by atoms with Crippen molar-refractivity contribution in [3.05, 3.63) is 51.0 Å². The number of ether oxygens (including phenoxy) is 4. The fourth-order valence-corrected chi connectivity index (χ4v) is 4.07. The maximum Gasteiger partial charge on any atom is 0.339 e. The average molecular weight is 495 g/mol. The molecule has 10 heteroatoms. The first-order valence-corrected chi connectivity index (χ1v) is 10.3. The van der Waals surface area contributed by atoms with Crippen molar-refractivity contribution in [3.63, 3.8) is 0 Å². The van der Waals surface area contributed by atoms with Crippen LogP contribution >= 0.6 is 15.9 Å². The minimum absolute atomic E-state index is 0.0264. The minimum atomic E-state index is -1.95. The van der Waals surface area contributed by atoms with E-state index in [0.717, 1.165) is 0 Å². The van der Waals surface area contributed by atoms with Crippen LogP contribution in [0.15, 0.2) is 45.4 Å². The normalized spacial score (nSPS) is 20.0. The fraction of sp³-hybridized carbons (Fsp3) is 0.381. The van der Waals surface area contributed by atoms with Gasteiger partial charge in [-0.3, -0.25) is 0 Å². The van der Waals surface area contributed by atoms with Gasteiger partial charge in [0.15, 0.2) is 5.41 Å². The number of hydrogen-bond acceptors (Lipinski definition) is 9. The predicted octanol–water partition coefficient (Wildman–Crippen LogP) is 2.25. The summed E-state index contributed by atoms with van der Waals surface area (Å²) < 4.78 is 21.6. The maximum absolute atomic E-state index is 13.4. The minimum Gasteiger partial charge on any atom is -0.460 e. The highest BCUT2D eigenvalue weighted by Gasteiger charge is 2.63. The molecule has 1 spiro atoms. The first kappa shape index (κ1) is 22.8. The summed E-state index contributed by atoms with van der Waals surface area (Å²) in [7, 11) is 1.46. The summed E-state index contributed by atoms with van der Waals surface area (Å²) in [5, 5.41) is 2.92. The van der Waals surface area contributed by atoms with Crippen LogP contribution in [0.4, 0.5) is 5.69 Å². The number of allylic oxidation sites excluding steroid dienone is 1. The number of hydrogen-bond donors (Lipinski definition) is 2. The van der Waals surface area contributed by atoms with Crippen LogP contribution in [0.25, 0.3) is 0 Å². The molecule has 3 N–H and O–H groups in total. The summed E-state index contributed by atoms with van der Waals surface area (Å²) in [6.45, 7) is 4.89. The highest BCUT2D eigenvalue weighted by Crippen LogP contribution is 2.53. The highest BCUT2D eigenvalue weighted by molar-refractivity contribution is 9.10. The van der Waals surface area contributed by atoms with E-state index in [0.29, 0.717) is 15.7 Å². The monoisotopic (exact) mass is 494 g/mol. The molecule has 0 aromatic heterocycles. The summed E-state index contributed by atoms with van der Waals surface area (Å²) in [5.41, 5.74) is 4.65. The van der Waals surface area contributed by atoms with Crippen LogP contribution < -0.4 is 11.1 Å². The number of carbonyl (C=O) groups excluding carboxylic acids is 3. The number of carbonyl (C=O) groups is 3. The van der Waals surface area contributed by atoms with E-state index in [1.807, 2.05) is 0 Å². The Morgan fingerprint density at radius 2 is 1.94 bits per heavy atom. The van der Waals surface area contributed by atoms with Crippen molar-refractivity contribution in [2.24, 2.45) is 5.73 Å². The number of esters is 3. The van der Waals surface area contributed by atoms with Crippen molar-refractivity contribution in [2.75, 3.05) is 25.6 Å². The van der Waals surface area contributed by atoms with Crippen LogP contribution in [0.3, 0.4) is 0 Å². The summed E-state index contributed by atoms with van der Waals surface area (Å²) in [6, 6.07) is 5.03. The van der Waals surface area contributed by atoms with E-state index in [9.17, 15) is 14.4 Å². The number of nitrogens with two attached hydrogens (primary N) is 1. The van der Waals surface area contributed by atoms with Crippen molar-refractivity contribution in [3.8, 4) is 0 Å². The average Bonchev–Trinajstić information content (AvgIpc) is 2.92. The Balaban J connectivity index is 2.29. The number of methoxy groups -OCH3 is 1. The van der Waals surface area contributed by atoms with Crippen molar-refractivity contribution in [2.45, 2.75) is 32.3 Å². The molecule has 2 heterocycles. The number of anilines is 1. The van der Waals surface area contributed by atoms with Gasteiger partial charge in [0.05, 0.1) is 12.7 Å². The van der Waals surface area contributed by atoms with E-state index >= 15 is 0 Å². The zero-order valence-electron chi connectivity index (χ0n) is 17.5. The third-order valence-corrected chi connectivity index (χ3v) is 5.34. The number of halogens is 1. The SMILES string of the molecule is COCCOC(=O)C1=C(N)Nc2ccc(Br)cc2[C@@]12C(=O)OC(C)=C2C(=O)OC(C)C. The van der Waals surface area contributed by atoms with Crippen LogP contribution in [0.5, 0.6) is 0 Å². The number of benzene rings is 1. The quantitative estimate of drug-likeness (QED) is 0.347. The van der Waals surface area contributed by atoms with Crippen molar-refractivity contribution in [1.29, 1.82) is 0 Å². The van der Waals surface area contributed by atoms with Crippen LogP contribution in [0, 0.1) is 0 Å². The van der Waals surface area contributed by atoms with Crippen LogP contribution in [-0.4, -0.2) is 44.3 Å². The Hall–Kier alpha value is -2.85. The largest absolute Gasteiger partial charge is 0.460 e. The molecular weight excluding hydrogens is 472 g/mol. The van der Waals surface area contributed by atoms with E-state index in [4.69, 9.17) is 24.7 Å². The van der Waals surface area contributed by atoms with Crippen LogP contribution in [0.1, 0.15) is 26.3 Å². The molecule has 0 aliphatic carbocycles. The summed E-state index contributed by atoms with van der Waals surface area (Å²) in [6.07, 6.45) is -0.470. The molecular formula is C21H23BrN2O7. The molecule has 2 aliphatic rings. The number of fused-ring (bicyclic) bond motifs is 2. The Labute approximate surface area is 187 Å². The van der Waals surface area contributed by atoms with Gasteiger partial charge in [-0.1, -0.05) is 15.9 Å². The molecule has 0 fully saturated rings. The zero-order chi connectivity index (χ0) is 22.9. The smallest absolute Gasteiger partial charge is 0.339 e. The lowest BCUT2D eigenvalue weighted by molar-refractivity contribution is -0.148. The molecule has 1 atom stereocenters. The van der Waals surface area contributed by atoms with Gasteiger partial charge in [-0.25, -0.2) is 14.4 Å². The third kappa shape index (κ3) is 3.81. The number of rotatable bonds is 6. The lowest BCUT2D eigenvalue weighted by atomic mass is 9.67. The Morgan fingerprint density at radius 3 is 2.58 bits per heavy atom. The topological polar surface area (TPSA) is 126 Å². The Kier molecular flexibility index (Phi) is 6.42. The fourth-order valence-electron chi connectivity index (χ4n) is 3.71. The van der Waals surface area contributed by atoms with Crippen LogP contribution in [-0.2, 0) is 38.7 Å². The molecule has 0 saturated carbocycles. The van der Waals surface area contributed by atoms with Gasteiger partial charge in [-0.05, 0) is 39.0 Å². The summed E-state index contributed by atoms with van der Waals surface area (Å²) >= 11 is 3.38. The van der Waals surface area contributed by atoms with E-state index in [1.54, 1.807) is 32.0 Å². The first-order valence-electron chi connectivity index (χ1n) is 9.52. The van der Waals surface area contributed by atoms with Crippen molar-refractivity contribution in [1.82, 2.24) is 0 Å². The van der Waals surface area contributed by atoms with Gasteiger partial charge in [0.2, 0.25) is 0 Å². The first-order chi connectivity index (χ1) is 14.6. The molecule has 166 valence electrons. The molecule has 0 bridgehead atoms. The molecule has 0 radical (unpaired) electrons. The third-order valence-electron chi connectivity index (χ3n) is 4.85. The van der Waals surface area contributed by atoms with E-state index < -0.39 is 29.4 Å². The molecule has 31 heavy (non-hydrogen) atoms. The molecule has 1 aromatic rings. The molecule has 0 amide bonds. The predicted molar refractivity (Wildman–Crippen MR) is 114 cm³/mol. The second kappa shape index (κ2) is 8.72. The summed E-state index contributed by atoms with van der Waals surface area (Å²) in [5.74, 6) is -2.62. The Morgan fingerprint density at radius 1 is 1.23 bits per heavy atom. The van der Waals surface area contributed by atoms with E-state index in [-0.39, 0.29) is 35.9 Å². The molecule has 0 saturated heterocycles. The highest BCUT2D eigenvalue weighted by atomic mass is 79.9. The maximum atomic E-state index is 13.4. The van der Waals surface area contributed by atoms with Gasteiger partial charge < -0.3 is 30.0 Å². The van der Waals surface area contributed by atoms with Gasteiger partial charge in [-0.2, -0.15) is 0 Å². The van der Waals surface area contributed by atoms with Crippen LogP contribution in [0.2, 0.25) is 0 Å². The number of nitrogens with one attached hydrogen (secondary N) is 1. The lowest BCUT2D eigenvalue weighted by Crippen LogP contribution is -2.48. The molecule has 9 nitrogen and oxygen atoms in total. The second-order valence-corrected chi connectivity index (χ2v) is 8.17. The molecule has 3 rings (SSSR count). The number of cyclic esters (lactones) is 1. The van der Waals surface area contributed by atoms with Gasteiger partial charge in [0.25, 0.3) is 0 Å². The summed E-state index contributed by atoms with van der Waals surface area (Å²) in [4.78, 5) is 39.7. The van der Waals surface area contributed by atoms with E-state index in [2.05, 4.69) is 21.2 Å². The molecule has 0 unspecified atom stereocenters. The zero-order valence-corrected chi connectivity index (χ0v) is 19.1. The van der Waals surface area contributed by atoms with Gasteiger partial charge >= 0.3 is 17.9 Å². The Bertz CT molecular complexity index is 1010. The van der Waals surface area contributed by atoms with Crippen molar-refractivity contribution < 1.29 is 33.3 Å². The standard InChI is InChI=1S/C21H23BrN2O7/c1-10(2)30-19(26)15-11(3)31-20(27)21(15)13-9-12(22)5-6-14(13)24-17(23)16(21)18(25)29-8-7-28-4/h5-6,9-10,24H,7-8,23H2,1-4H3/t21-/m0/s1.